The molecule has 0 unspecified atom stereocenters. The van der Waals surface area contributed by atoms with E-state index in [4.69, 9.17) is 11.6 Å². The van der Waals surface area contributed by atoms with Crippen molar-refractivity contribution in [1.82, 2.24) is 10.6 Å². The van der Waals surface area contributed by atoms with Gasteiger partial charge in [-0.25, -0.2) is 4.79 Å². The summed E-state index contributed by atoms with van der Waals surface area (Å²) in [6.45, 7) is -0.108. The molecule has 0 aliphatic carbocycles. The highest BCUT2D eigenvalue weighted by Gasteiger charge is 2.24. The largest absolute Gasteiger partial charge is 0.467 e. The van der Waals surface area contributed by atoms with Gasteiger partial charge in [0.05, 0.1) is 22.6 Å². The van der Waals surface area contributed by atoms with Crippen LogP contribution in [0.25, 0.3) is 0 Å². The molecule has 1 aromatic carbocycles. The molecule has 1 aromatic heterocycles. The Hall–Kier alpha value is -1.90. The summed E-state index contributed by atoms with van der Waals surface area (Å²) in [5, 5.41) is 7.12. The Morgan fingerprint density at radius 1 is 1.28 bits per heavy atom. The van der Waals surface area contributed by atoms with Gasteiger partial charge in [0.2, 0.25) is 0 Å². The summed E-state index contributed by atoms with van der Waals surface area (Å²) in [5.41, 5.74) is 0.211. The normalized spacial score (nSPS) is 11.5. The molecular formula is C16H14BrClN2O4S. The van der Waals surface area contributed by atoms with Gasteiger partial charge in [-0.15, -0.1) is 11.3 Å². The van der Waals surface area contributed by atoms with Crippen LogP contribution in [-0.4, -0.2) is 37.5 Å². The van der Waals surface area contributed by atoms with Gasteiger partial charge in [0, 0.05) is 11.0 Å². The first-order chi connectivity index (χ1) is 11.9. The van der Waals surface area contributed by atoms with Crippen LogP contribution in [0, 0.1) is 0 Å². The van der Waals surface area contributed by atoms with E-state index >= 15 is 0 Å². The van der Waals surface area contributed by atoms with Crippen LogP contribution >= 0.6 is 38.9 Å². The van der Waals surface area contributed by atoms with Gasteiger partial charge in [0.15, 0.2) is 0 Å². The van der Waals surface area contributed by atoms with Gasteiger partial charge in [0.1, 0.15) is 6.04 Å². The second-order valence-electron chi connectivity index (χ2n) is 4.86. The number of esters is 1. The van der Waals surface area contributed by atoms with Crippen LogP contribution in [-0.2, 0) is 9.53 Å². The quantitative estimate of drug-likeness (QED) is 0.670. The van der Waals surface area contributed by atoms with Gasteiger partial charge in [-0.1, -0.05) is 33.6 Å². The molecule has 2 rings (SSSR count). The fourth-order valence-electron chi connectivity index (χ4n) is 1.93. The average Bonchev–Trinajstić information content (AvgIpc) is 3.12. The lowest BCUT2D eigenvalue weighted by Gasteiger charge is -2.17. The Labute approximate surface area is 161 Å². The maximum atomic E-state index is 12.4. The van der Waals surface area contributed by atoms with Crippen molar-refractivity contribution in [3.63, 3.8) is 0 Å². The maximum absolute atomic E-state index is 12.4. The number of rotatable bonds is 6. The van der Waals surface area contributed by atoms with Crippen molar-refractivity contribution in [2.45, 2.75) is 6.04 Å². The summed E-state index contributed by atoms with van der Waals surface area (Å²) in [4.78, 5) is 36.7. The van der Waals surface area contributed by atoms with E-state index in [9.17, 15) is 14.4 Å². The van der Waals surface area contributed by atoms with E-state index in [1.165, 1.54) is 24.5 Å². The monoisotopic (exact) mass is 444 g/mol. The molecular weight excluding hydrogens is 432 g/mol. The number of halogens is 2. The summed E-state index contributed by atoms with van der Waals surface area (Å²) >= 11 is 10.6. The Morgan fingerprint density at radius 3 is 2.64 bits per heavy atom. The third-order valence-corrected chi connectivity index (χ3v) is 4.85. The topological polar surface area (TPSA) is 84.5 Å². The minimum atomic E-state index is -1.04. The summed E-state index contributed by atoms with van der Waals surface area (Å²) in [6, 6.07) is 7.12. The number of carbonyl (C=O) groups excluding carboxylic acids is 3. The molecule has 0 aliphatic rings. The Balaban J connectivity index is 2.05. The van der Waals surface area contributed by atoms with Gasteiger partial charge in [-0.2, -0.15) is 0 Å². The minimum absolute atomic E-state index is 0.108. The summed E-state index contributed by atoms with van der Waals surface area (Å²) < 4.78 is 5.40. The average molecular weight is 446 g/mol. The highest BCUT2D eigenvalue weighted by Crippen LogP contribution is 2.21. The predicted octanol–water partition coefficient (Wildman–Crippen LogP) is 2.87. The Kier molecular flexibility index (Phi) is 6.98. The molecule has 0 spiro atoms. The van der Waals surface area contributed by atoms with Crippen LogP contribution in [0.4, 0.5) is 0 Å². The van der Waals surface area contributed by atoms with E-state index < -0.39 is 17.9 Å². The second-order valence-corrected chi connectivity index (χ2v) is 7.13. The van der Waals surface area contributed by atoms with Crippen LogP contribution in [0.2, 0.25) is 5.02 Å². The first-order valence-electron chi connectivity index (χ1n) is 7.08. The molecule has 1 atom stereocenters. The fraction of sp³-hybridized carbons (Fsp3) is 0.188. The van der Waals surface area contributed by atoms with E-state index in [1.807, 2.05) is 0 Å². The number of hydrogen-bond donors (Lipinski definition) is 2. The van der Waals surface area contributed by atoms with Gasteiger partial charge in [-0.05, 0) is 29.6 Å². The summed E-state index contributed by atoms with van der Waals surface area (Å²) in [6.07, 6.45) is 0. The first kappa shape index (κ1) is 19.4. The summed E-state index contributed by atoms with van der Waals surface area (Å²) in [7, 11) is 1.20. The molecule has 6 nitrogen and oxygen atoms in total. The highest BCUT2D eigenvalue weighted by molar-refractivity contribution is 9.10. The standard InChI is InChI=1S/C16H14BrClN2O4S/c1-24-16(23)12(8-19-15(22)13-3-2-6-25-13)20-14(21)10-5-4-9(17)7-11(10)18/h2-7,12H,8H2,1H3,(H,19,22)(H,20,21)/t12-/m0/s1. The van der Waals surface area contributed by atoms with Crippen molar-refractivity contribution in [3.8, 4) is 0 Å². The molecule has 1 heterocycles. The van der Waals surface area contributed by atoms with Gasteiger partial charge in [0.25, 0.3) is 11.8 Å². The lowest BCUT2D eigenvalue weighted by Crippen LogP contribution is -2.49. The highest BCUT2D eigenvalue weighted by atomic mass is 79.9. The molecule has 0 saturated heterocycles. The number of thiophene rings is 1. The second kappa shape index (κ2) is 8.98. The number of ether oxygens (including phenoxy) is 1. The number of methoxy groups -OCH3 is 1. The van der Waals surface area contributed by atoms with Crippen molar-refractivity contribution in [3.05, 3.63) is 55.6 Å². The predicted molar refractivity (Wildman–Crippen MR) is 99.1 cm³/mol. The number of nitrogens with one attached hydrogen (secondary N) is 2. The molecule has 0 aliphatic heterocycles. The van der Waals surface area contributed by atoms with E-state index in [-0.39, 0.29) is 23.0 Å². The van der Waals surface area contributed by atoms with Crippen LogP contribution in [0.15, 0.2) is 40.2 Å². The van der Waals surface area contributed by atoms with Crippen molar-refractivity contribution < 1.29 is 19.1 Å². The zero-order valence-corrected chi connectivity index (χ0v) is 16.2. The van der Waals surface area contributed by atoms with E-state index in [0.717, 1.165) is 4.47 Å². The molecule has 9 heteroatoms. The molecule has 25 heavy (non-hydrogen) atoms. The van der Waals surface area contributed by atoms with Crippen molar-refractivity contribution >= 4 is 56.7 Å². The molecule has 2 N–H and O–H groups in total. The lowest BCUT2D eigenvalue weighted by atomic mass is 10.2. The zero-order valence-electron chi connectivity index (χ0n) is 13.0. The SMILES string of the molecule is COC(=O)[C@H](CNC(=O)c1cccs1)NC(=O)c1ccc(Br)cc1Cl. The molecule has 132 valence electrons. The van der Waals surface area contributed by atoms with Crippen LogP contribution in [0.1, 0.15) is 20.0 Å². The van der Waals surface area contributed by atoms with Gasteiger partial charge >= 0.3 is 5.97 Å². The van der Waals surface area contributed by atoms with E-state index in [1.54, 1.807) is 29.6 Å². The number of carbonyl (C=O) groups is 3. The van der Waals surface area contributed by atoms with Crippen LogP contribution in [0.3, 0.4) is 0 Å². The third-order valence-electron chi connectivity index (χ3n) is 3.18. The third kappa shape index (κ3) is 5.29. The van der Waals surface area contributed by atoms with Crippen LogP contribution in [0.5, 0.6) is 0 Å². The van der Waals surface area contributed by atoms with Crippen molar-refractivity contribution in [2.75, 3.05) is 13.7 Å². The zero-order chi connectivity index (χ0) is 18.4. The van der Waals surface area contributed by atoms with Crippen LogP contribution < -0.4 is 10.6 Å². The lowest BCUT2D eigenvalue weighted by molar-refractivity contribution is -0.142. The van der Waals surface area contributed by atoms with Gasteiger partial charge < -0.3 is 15.4 Å². The van der Waals surface area contributed by atoms with Crippen molar-refractivity contribution in [2.24, 2.45) is 0 Å². The Morgan fingerprint density at radius 2 is 2.04 bits per heavy atom. The van der Waals surface area contributed by atoms with Gasteiger partial charge in [-0.3, -0.25) is 9.59 Å². The minimum Gasteiger partial charge on any atom is -0.467 e. The maximum Gasteiger partial charge on any atom is 0.330 e. The number of amides is 2. The van der Waals surface area contributed by atoms with E-state index in [0.29, 0.717) is 4.88 Å². The van der Waals surface area contributed by atoms with E-state index in [2.05, 4.69) is 31.3 Å². The fourth-order valence-corrected chi connectivity index (χ4v) is 3.33. The summed E-state index contributed by atoms with van der Waals surface area (Å²) in [5.74, 6) is -1.55. The first-order valence-corrected chi connectivity index (χ1v) is 9.13. The van der Waals surface area contributed by atoms with Crippen molar-refractivity contribution in [1.29, 1.82) is 0 Å². The smallest absolute Gasteiger partial charge is 0.330 e. The molecule has 0 radical (unpaired) electrons. The molecule has 0 saturated carbocycles. The molecule has 2 amide bonds. The Bertz CT molecular complexity index is 782. The number of benzene rings is 1. The number of hydrogen-bond acceptors (Lipinski definition) is 5. The molecule has 2 aromatic rings. The molecule has 0 fully saturated rings. The molecule has 0 bridgehead atoms.